The van der Waals surface area contributed by atoms with Gasteiger partial charge < -0.3 is 9.74 Å². The van der Waals surface area contributed by atoms with Gasteiger partial charge in [0, 0.05) is 12.2 Å². The summed E-state index contributed by atoms with van der Waals surface area (Å²) in [5.41, 5.74) is 0.912. The summed E-state index contributed by atoms with van der Waals surface area (Å²) >= 11 is 0. The van der Waals surface area contributed by atoms with Gasteiger partial charge in [0.1, 0.15) is 5.82 Å². The van der Waals surface area contributed by atoms with E-state index in [0.717, 1.165) is 25.1 Å². The highest BCUT2D eigenvalue weighted by Gasteiger charge is 2.24. The molecule has 15 heavy (non-hydrogen) atoms. The second kappa shape index (κ2) is 4.59. The van der Waals surface area contributed by atoms with Gasteiger partial charge in [-0.15, -0.1) is 0 Å². The van der Waals surface area contributed by atoms with Crippen molar-refractivity contribution < 1.29 is 9.23 Å². The molecule has 1 aliphatic rings. The molecule has 1 atom stereocenters. The summed E-state index contributed by atoms with van der Waals surface area (Å²) in [6.45, 7) is 1.44. The lowest BCUT2D eigenvalue weighted by Gasteiger charge is -2.25. The fraction of sp³-hybridized carbons (Fsp3) is 0.455. The van der Waals surface area contributed by atoms with Crippen LogP contribution in [0.1, 0.15) is 12.8 Å². The quantitative estimate of drug-likeness (QED) is 0.771. The topological polar surface area (TPSA) is 38.5 Å². The highest BCUT2D eigenvalue weighted by atomic mass is 19.1. The van der Waals surface area contributed by atoms with Gasteiger partial charge in [-0.25, -0.2) is 10.3 Å². The molecule has 0 saturated carbocycles. The number of hydrogen-bond donors (Lipinski definition) is 1. The van der Waals surface area contributed by atoms with Crippen molar-refractivity contribution in [3.63, 3.8) is 0 Å². The van der Waals surface area contributed by atoms with Crippen molar-refractivity contribution in [2.24, 2.45) is 5.90 Å². The minimum atomic E-state index is -0.202. The van der Waals surface area contributed by atoms with E-state index in [2.05, 4.69) is 9.74 Å². The Morgan fingerprint density at radius 2 is 2.40 bits per heavy atom. The van der Waals surface area contributed by atoms with Gasteiger partial charge in [-0.1, -0.05) is 6.07 Å². The van der Waals surface area contributed by atoms with E-state index >= 15 is 0 Å². The van der Waals surface area contributed by atoms with E-state index in [1.165, 1.54) is 6.07 Å². The SMILES string of the molecule is NOCC1CCCN1c1cccc(F)c1. The first-order chi connectivity index (χ1) is 7.31. The summed E-state index contributed by atoms with van der Waals surface area (Å²) in [7, 11) is 0. The van der Waals surface area contributed by atoms with Gasteiger partial charge in [-0.05, 0) is 31.0 Å². The van der Waals surface area contributed by atoms with Crippen LogP contribution < -0.4 is 10.8 Å². The van der Waals surface area contributed by atoms with Gasteiger partial charge in [0.25, 0.3) is 0 Å². The van der Waals surface area contributed by atoms with Gasteiger partial charge in [0.05, 0.1) is 12.6 Å². The largest absolute Gasteiger partial charge is 0.366 e. The molecule has 1 heterocycles. The molecular formula is C11H15FN2O. The van der Waals surface area contributed by atoms with Crippen molar-refractivity contribution in [3.8, 4) is 0 Å². The highest BCUT2D eigenvalue weighted by molar-refractivity contribution is 5.48. The van der Waals surface area contributed by atoms with Crippen LogP contribution in [0.2, 0.25) is 0 Å². The van der Waals surface area contributed by atoms with E-state index in [4.69, 9.17) is 5.90 Å². The maximum absolute atomic E-state index is 13.1. The molecule has 0 amide bonds. The molecule has 4 heteroatoms. The van der Waals surface area contributed by atoms with Crippen molar-refractivity contribution >= 4 is 5.69 Å². The fourth-order valence-corrected chi connectivity index (χ4v) is 2.11. The average Bonchev–Trinajstić information content (AvgIpc) is 2.66. The molecule has 0 bridgehead atoms. The van der Waals surface area contributed by atoms with Gasteiger partial charge in [-0.3, -0.25) is 0 Å². The van der Waals surface area contributed by atoms with Crippen LogP contribution in [0.3, 0.4) is 0 Å². The molecule has 1 aliphatic heterocycles. The zero-order chi connectivity index (χ0) is 10.7. The maximum atomic E-state index is 13.1. The lowest BCUT2D eigenvalue weighted by Crippen LogP contribution is -2.34. The van der Waals surface area contributed by atoms with Crippen LogP contribution in [-0.4, -0.2) is 19.2 Å². The number of rotatable bonds is 3. The molecule has 2 rings (SSSR count). The van der Waals surface area contributed by atoms with Crippen molar-refractivity contribution in [2.75, 3.05) is 18.1 Å². The van der Waals surface area contributed by atoms with Gasteiger partial charge >= 0.3 is 0 Å². The molecule has 82 valence electrons. The smallest absolute Gasteiger partial charge is 0.125 e. The van der Waals surface area contributed by atoms with E-state index in [0.29, 0.717) is 6.61 Å². The predicted molar refractivity (Wildman–Crippen MR) is 56.9 cm³/mol. The standard InChI is InChI=1S/C11H15FN2O/c12-9-3-1-4-10(7-9)14-6-2-5-11(14)8-15-13/h1,3-4,7,11H,2,5-6,8,13H2. The first-order valence-corrected chi connectivity index (χ1v) is 5.15. The number of hydrogen-bond acceptors (Lipinski definition) is 3. The number of anilines is 1. The van der Waals surface area contributed by atoms with E-state index in [-0.39, 0.29) is 11.9 Å². The Kier molecular flexibility index (Phi) is 3.18. The Bertz CT molecular complexity index is 332. The third-order valence-electron chi connectivity index (χ3n) is 2.81. The van der Waals surface area contributed by atoms with Crippen molar-refractivity contribution in [3.05, 3.63) is 30.1 Å². The normalized spacial score (nSPS) is 20.9. The minimum Gasteiger partial charge on any atom is -0.366 e. The van der Waals surface area contributed by atoms with Crippen LogP contribution in [0.15, 0.2) is 24.3 Å². The highest BCUT2D eigenvalue weighted by Crippen LogP contribution is 2.25. The monoisotopic (exact) mass is 210 g/mol. The van der Waals surface area contributed by atoms with Crippen LogP contribution in [0.5, 0.6) is 0 Å². The Hall–Kier alpha value is -1.13. The predicted octanol–water partition coefficient (Wildman–Crippen LogP) is 1.68. The number of halogens is 1. The third kappa shape index (κ3) is 2.27. The van der Waals surface area contributed by atoms with E-state index in [1.807, 2.05) is 6.07 Å². The van der Waals surface area contributed by atoms with E-state index in [1.54, 1.807) is 12.1 Å². The molecule has 1 saturated heterocycles. The van der Waals surface area contributed by atoms with Gasteiger partial charge in [-0.2, -0.15) is 0 Å². The lowest BCUT2D eigenvalue weighted by atomic mass is 10.2. The Balaban J connectivity index is 2.15. The summed E-state index contributed by atoms with van der Waals surface area (Å²) < 4.78 is 13.1. The Labute approximate surface area is 88.6 Å². The second-order valence-corrected chi connectivity index (χ2v) is 3.80. The van der Waals surface area contributed by atoms with Crippen LogP contribution in [0, 0.1) is 5.82 Å². The molecule has 1 fully saturated rings. The van der Waals surface area contributed by atoms with E-state index in [9.17, 15) is 4.39 Å². The molecule has 0 aliphatic carbocycles. The van der Waals surface area contributed by atoms with Crippen molar-refractivity contribution in [2.45, 2.75) is 18.9 Å². The summed E-state index contributed by atoms with van der Waals surface area (Å²) in [5, 5.41) is 0. The molecule has 0 spiro atoms. The summed E-state index contributed by atoms with van der Waals surface area (Å²) in [6.07, 6.45) is 2.15. The third-order valence-corrected chi connectivity index (χ3v) is 2.81. The molecular weight excluding hydrogens is 195 g/mol. The lowest BCUT2D eigenvalue weighted by molar-refractivity contribution is 0.124. The zero-order valence-electron chi connectivity index (χ0n) is 8.53. The van der Waals surface area contributed by atoms with Crippen molar-refractivity contribution in [1.82, 2.24) is 0 Å². The van der Waals surface area contributed by atoms with Gasteiger partial charge in [0.15, 0.2) is 0 Å². The number of nitrogens with two attached hydrogens (primary N) is 1. The average molecular weight is 210 g/mol. The fourth-order valence-electron chi connectivity index (χ4n) is 2.11. The van der Waals surface area contributed by atoms with Gasteiger partial charge in [0.2, 0.25) is 0 Å². The van der Waals surface area contributed by atoms with Crippen LogP contribution in [-0.2, 0) is 4.84 Å². The number of benzene rings is 1. The summed E-state index contributed by atoms with van der Waals surface area (Å²) in [5.74, 6) is 4.88. The summed E-state index contributed by atoms with van der Waals surface area (Å²) in [6, 6.07) is 6.92. The molecule has 0 aromatic heterocycles. The first-order valence-electron chi connectivity index (χ1n) is 5.15. The van der Waals surface area contributed by atoms with Crippen LogP contribution >= 0.6 is 0 Å². The van der Waals surface area contributed by atoms with E-state index < -0.39 is 0 Å². The Morgan fingerprint density at radius 3 is 3.13 bits per heavy atom. The second-order valence-electron chi connectivity index (χ2n) is 3.80. The first kappa shape index (κ1) is 10.4. The Morgan fingerprint density at radius 1 is 1.53 bits per heavy atom. The molecule has 2 N–H and O–H groups in total. The minimum absolute atomic E-state index is 0.202. The van der Waals surface area contributed by atoms with Crippen LogP contribution in [0.25, 0.3) is 0 Å². The number of nitrogens with zero attached hydrogens (tertiary/aromatic N) is 1. The zero-order valence-corrected chi connectivity index (χ0v) is 8.53. The van der Waals surface area contributed by atoms with Crippen LogP contribution in [0.4, 0.5) is 10.1 Å². The van der Waals surface area contributed by atoms with Crippen molar-refractivity contribution in [1.29, 1.82) is 0 Å². The summed E-state index contributed by atoms with van der Waals surface area (Å²) in [4.78, 5) is 6.82. The molecule has 0 radical (unpaired) electrons. The maximum Gasteiger partial charge on any atom is 0.125 e. The molecule has 1 unspecified atom stereocenters. The molecule has 1 aromatic carbocycles. The molecule has 1 aromatic rings. The molecule has 3 nitrogen and oxygen atoms in total.